The number of hydrogen-bond acceptors (Lipinski definition) is 4. The Morgan fingerprint density at radius 3 is 2.53 bits per heavy atom. The van der Waals surface area contributed by atoms with E-state index in [4.69, 9.17) is 10.5 Å². The average molecular weight is 209 g/mol. The highest BCUT2D eigenvalue weighted by atomic mass is 16.5. The number of nitrogen functional groups attached to an aromatic ring is 1. The lowest BCUT2D eigenvalue weighted by molar-refractivity contribution is 0.301. The topological polar surface area (TPSA) is 61.0 Å². The zero-order valence-corrected chi connectivity index (χ0v) is 9.87. The molecule has 0 saturated heterocycles. The van der Waals surface area contributed by atoms with Crippen molar-refractivity contribution in [2.75, 3.05) is 12.3 Å². The summed E-state index contributed by atoms with van der Waals surface area (Å²) in [5, 5.41) is 0. The van der Waals surface area contributed by atoms with Crippen molar-refractivity contribution in [1.29, 1.82) is 0 Å². The summed E-state index contributed by atoms with van der Waals surface area (Å²) in [5.74, 6) is 1.74. The van der Waals surface area contributed by atoms with Gasteiger partial charge in [0.15, 0.2) is 0 Å². The van der Waals surface area contributed by atoms with Crippen LogP contribution < -0.4 is 10.5 Å². The molecule has 0 amide bonds. The first kappa shape index (κ1) is 11.8. The molecule has 0 radical (unpaired) electrons. The van der Waals surface area contributed by atoms with Crippen molar-refractivity contribution in [3.05, 3.63) is 11.9 Å². The van der Waals surface area contributed by atoms with Gasteiger partial charge in [-0.25, -0.2) is 4.98 Å². The maximum absolute atomic E-state index is 5.70. The second-order valence-corrected chi connectivity index (χ2v) is 4.55. The third-order valence-corrected chi connectivity index (χ3v) is 1.85. The fraction of sp³-hybridized carbons (Fsp3) is 0.636. The monoisotopic (exact) mass is 209 g/mol. The molecule has 0 fully saturated rings. The van der Waals surface area contributed by atoms with Crippen molar-refractivity contribution >= 4 is 5.82 Å². The van der Waals surface area contributed by atoms with E-state index in [0.29, 0.717) is 24.1 Å². The predicted octanol–water partition coefficient (Wildman–Crippen LogP) is 2.15. The number of aromatic nitrogens is 2. The summed E-state index contributed by atoms with van der Waals surface area (Å²) in [6, 6.07) is 1.66. The molecule has 1 aromatic rings. The first-order chi connectivity index (χ1) is 6.93. The summed E-state index contributed by atoms with van der Waals surface area (Å²) in [4.78, 5) is 8.53. The number of ether oxygens (including phenoxy) is 1. The van der Waals surface area contributed by atoms with Gasteiger partial charge in [-0.05, 0) is 6.42 Å². The Bertz CT molecular complexity index is 331. The molecule has 4 nitrogen and oxygen atoms in total. The first-order valence-electron chi connectivity index (χ1n) is 5.21. The van der Waals surface area contributed by atoms with Gasteiger partial charge in [-0.3, -0.25) is 0 Å². The SMILES string of the molecule is CCCOc1cc(N)nc(C(C)(C)C)n1. The summed E-state index contributed by atoms with van der Waals surface area (Å²) < 4.78 is 5.44. The Morgan fingerprint density at radius 1 is 1.33 bits per heavy atom. The highest BCUT2D eigenvalue weighted by Crippen LogP contribution is 2.22. The number of nitrogens with two attached hydrogens (primary N) is 1. The van der Waals surface area contributed by atoms with Gasteiger partial charge in [0.25, 0.3) is 0 Å². The Balaban J connectivity index is 2.95. The molecule has 1 aromatic heterocycles. The van der Waals surface area contributed by atoms with Crippen molar-refractivity contribution in [1.82, 2.24) is 9.97 Å². The van der Waals surface area contributed by atoms with E-state index in [9.17, 15) is 0 Å². The second kappa shape index (κ2) is 4.47. The standard InChI is InChI=1S/C11H19N3O/c1-5-6-15-9-7-8(12)13-10(14-9)11(2,3)4/h7H,5-6H2,1-4H3,(H2,12,13,14). The van der Waals surface area contributed by atoms with Crippen LogP contribution in [0, 0.1) is 0 Å². The van der Waals surface area contributed by atoms with E-state index in [-0.39, 0.29) is 5.41 Å². The molecule has 1 rings (SSSR count). The summed E-state index contributed by atoms with van der Waals surface area (Å²) in [6.07, 6.45) is 0.953. The minimum atomic E-state index is -0.111. The van der Waals surface area contributed by atoms with Crippen LogP contribution in [0.1, 0.15) is 39.9 Å². The van der Waals surface area contributed by atoms with E-state index in [1.54, 1.807) is 6.07 Å². The Morgan fingerprint density at radius 2 is 2.00 bits per heavy atom. The number of rotatable bonds is 3. The van der Waals surface area contributed by atoms with E-state index in [1.807, 2.05) is 20.8 Å². The summed E-state index contributed by atoms with van der Waals surface area (Å²) >= 11 is 0. The molecule has 1 heterocycles. The fourth-order valence-corrected chi connectivity index (χ4v) is 1.06. The molecule has 0 bridgehead atoms. The van der Waals surface area contributed by atoms with Crippen LogP contribution in [-0.4, -0.2) is 16.6 Å². The van der Waals surface area contributed by atoms with E-state index in [2.05, 4.69) is 16.9 Å². The Hall–Kier alpha value is -1.32. The summed E-state index contributed by atoms with van der Waals surface area (Å²) in [7, 11) is 0. The van der Waals surface area contributed by atoms with Gasteiger partial charge in [-0.2, -0.15) is 4.98 Å². The van der Waals surface area contributed by atoms with Crippen LogP contribution in [0.25, 0.3) is 0 Å². The molecule has 0 atom stereocenters. The van der Waals surface area contributed by atoms with Crippen LogP contribution in [0.4, 0.5) is 5.82 Å². The van der Waals surface area contributed by atoms with Crippen LogP contribution in [0.15, 0.2) is 6.07 Å². The molecule has 0 spiro atoms. The zero-order chi connectivity index (χ0) is 11.5. The smallest absolute Gasteiger partial charge is 0.218 e. The molecule has 15 heavy (non-hydrogen) atoms. The highest BCUT2D eigenvalue weighted by molar-refractivity contribution is 5.34. The van der Waals surface area contributed by atoms with E-state index in [0.717, 1.165) is 6.42 Å². The van der Waals surface area contributed by atoms with Crippen molar-refractivity contribution in [2.24, 2.45) is 0 Å². The Kier molecular flexibility index (Phi) is 3.50. The van der Waals surface area contributed by atoms with Crippen molar-refractivity contribution in [3.63, 3.8) is 0 Å². The second-order valence-electron chi connectivity index (χ2n) is 4.55. The third kappa shape index (κ3) is 3.38. The third-order valence-electron chi connectivity index (χ3n) is 1.85. The molecule has 4 heteroatoms. The normalized spacial score (nSPS) is 11.5. The minimum absolute atomic E-state index is 0.111. The van der Waals surface area contributed by atoms with Gasteiger partial charge >= 0.3 is 0 Å². The first-order valence-corrected chi connectivity index (χ1v) is 5.21. The quantitative estimate of drug-likeness (QED) is 0.828. The van der Waals surface area contributed by atoms with Gasteiger partial charge in [0.2, 0.25) is 5.88 Å². The van der Waals surface area contributed by atoms with Gasteiger partial charge < -0.3 is 10.5 Å². The highest BCUT2D eigenvalue weighted by Gasteiger charge is 2.18. The maximum atomic E-state index is 5.70. The maximum Gasteiger partial charge on any atom is 0.218 e. The van der Waals surface area contributed by atoms with Gasteiger partial charge in [0, 0.05) is 11.5 Å². The van der Waals surface area contributed by atoms with Crippen molar-refractivity contribution < 1.29 is 4.74 Å². The van der Waals surface area contributed by atoms with Crippen molar-refractivity contribution in [2.45, 2.75) is 39.5 Å². The van der Waals surface area contributed by atoms with Gasteiger partial charge in [0.1, 0.15) is 11.6 Å². The number of hydrogen-bond donors (Lipinski definition) is 1. The minimum Gasteiger partial charge on any atom is -0.478 e. The molecule has 0 aromatic carbocycles. The van der Waals surface area contributed by atoms with Crippen LogP contribution in [0.5, 0.6) is 5.88 Å². The molecule has 0 aliphatic carbocycles. The lowest BCUT2D eigenvalue weighted by atomic mass is 9.96. The van der Waals surface area contributed by atoms with Crippen LogP contribution in [0.2, 0.25) is 0 Å². The van der Waals surface area contributed by atoms with Crippen LogP contribution in [-0.2, 0) is 5.41 Å². The van der Waals surface area contributed by atoms with E-state index >= 15 is 0 Å². The van der Waals surface area contributed by atoms with Gasteiger partial charge in [-0.1, -0.05) is 27.7 Å². The lowest BCUT2D eigenvalue weighted by Gasteiger charge is -2.17. The molecule has 0 aliphatic rings. The van der Waals surface area contributed by atoms with Crippen LogP contribution >= 0.6 is 0 Å². The van der Waals surface area contributed by atoms with Crippen molar-refractivity contribution in [3.8, 4) is 5.88 Å². The number of anilines is 1. The van der Waals surface area contributed by atoms with Crippen LogP contribution in [0.3, 0.4) is 0 Å². The molecule has 0 aliphatic heterocycles. The summed E-state index contributed by atoms with van der Waals surface area (Å²) in [5.41, 5.74) is 5.59. The van der Waals surface area contributed by atoms with E-state index < -0.39 is 0 Å². The molecular formula is C11H19N3O. The van der Waals surface area contributed by atoms with E-state index in [1.165, 1.54) is 0 Å². The largest absolute Gasteiger partial charge is 0.478 e. The fourth-order valence-electron chi connectivity index (χ4n) is 1.06. The van der Waals surface area contributed by atoms with Gasteiger partial charge in [-0.15, -0.1) is 0 Å². The molecule has 2 N–H and O–H groups in total. The lowest BCUT2D eigenvalue weighted by Crippen LogP contribution is -2.17. The average Bonchev–Trinajstić information content (AvgIpc) is 2.12. The molecule has 0 saturated carbocycles. The predicted molar refractivity (Wildman–Crippen MR) is 60.9 cm³/mol. The molecule has 0 unspecified atom stereocenters. The number of nitrogens with zero attached hydrogens (tertiary/aromatic N) is 2. The summed E-state index contributed by atoms with van der Waals surface area (Å²) in [6.45, 7) is 8.84. The van der Waals surface area contributed by atoms with Gasteiger partial charge in [0.05, 0.1) is 6.61 Å². The Labute approximate surface area is 90.9 Å². The molecule has 84 valence electrons. The molecular weight excluding hydrogens is 190 g/mol. The zero-order valence-electron chi connectivity index (χ0n) is 9.87.